The molecule has 0 saturated carbocycles. The van der Waals surface area contributed by atoms with Gasteiger partial charge in [0.1, 0.15) is 5.82 Å². The number of carbonyl (C=O) groups is 1. The van der Waals surface area contributed by atoms with E-state index < -0.39 is 15.8 Å². The van der Waals surface area contributed by atoms with Gasteiger partial charge >= 0.3 is 0 Å². The van der Waals surface area contributed by atoms with E-state index in [0.29, 0.717) is 37.4 Å². The topological polar surface area (TPSA) is 66.9 Å². The quantitative estimate of drug-likeness (QED) is 0.748. The van der Waals surface area contributed by atoms with E-state index in [-0.39, 0.29) is 29.5 Å². The van der Waals surface area contributed by atoms with Gasteiger partial charge in [-0.15, -0.1) is 0 Å². The van der Waals surface area contributed by atoms with Gasteiger partial charge in [-0.3, -0.25) is 4.79 Å². The average molecular weight is 433 g/mol. The van der Waals surface area contributed by atoms with Gasteiger partial charge in [0, 0.05) is 25.2 Å². The first-order chi connectivity index (χ1) is 14.3. The Bertz CT molecular complexity index is 1090. The molecule has 0 atom stereocenters. The van der Waals surface area contributed by atoms with E-state index in [9.17, 15) is 17.6 Å². The van der Waals surface area contributed by atoms with Crippen LogP contribution in [0.4, 0.5) is 10.1 Å². The molecule has 0 bridgehead atoms. The molecule has 30 heavy (non-hydrogen) atoms. The molecule has 1 amide bonds. The number of fused-ring (bicyclic) bond motifs is 1. The molecule has 1 fully saturated rings. The summed E-state index contributed by atoms with van der Waals surface area (Å²) in [5, 5.41) is 0. The average Bonchev–Trinajstić information content (AvgIpc) is 2.73. The fourth-order valence-corrected chi connectivity index (χ4v) is 5.55. The summed E-state index contributed by atoms with van der Waals surface area (Å²) in [6, 6.07) is 7.91. The highest BCUT2D eigenvalue weighted by Crippen LogP contribution is 2.33. The lowest BCUT2D eigenvalue weighted by Gasteiger charge is -2.31. The van der Waals surface area contributed by atoms with Crippen molar-refractivity contribution in [1.29, 1.82) is 0 Å². The first-order valence-electron chi connectivity index (χ1n) is 10.1. The second-order valence-electron chi connectivity index (χ2n) is 7.81. The predicted octanol–water partition coefficient (Wildman–Crippen LogP) is 3.06. The summed E-state index contributed by atoms with van der Waals surface area (Å²) in [5.74, 6) is -0.803. The highest BCUT2D eigenvalue weighted by Gasteiger charge is 2.31. The summed E-state index contributed by atoms with van der Waals surface area (Å²) in [5.41, 5.74) is 2.85. The molecule has 8 heteroatoms. The van der Waals surface area contributed by atoms with Crippen LogP contribution in [0.5, 0.6) is 0 Å². The maximum Gasteiger partial charge on any atom is 0.258 e. The van der Waals surface area contributed by atoms with Gasteiger partial charge in [0.15, 0.2) is 0 Å². The number of carbonyl (C=O) groups excluding carboxylic acids is 1. The molecule has 6 nitrogen and oxygen atoms in total. The molecule has 2 aromatic rings. The van der Waals surface area contributed by atoms with Gasteiger partial charge in [0.25, 0.3) is 5.91 Å². The van der Waals surface area contributed by atoms with Crippen LogP contribution in [0.25, 0.3) is 0 Å². The number of rotatable bonds is 3. The predicted molar refractivity (Wildman–Crippen MR) is 112 cm³/mol. The summed E-state index contributed by atoms with van der Waals surface area (Å²) in [6.07, 6.45) is 1.44. The molecule has 0 aromatic heterocycles. The number of hydrogen-bond acceptors (Lipinski definition) is 4. The second kappa shape index (κ2) is 8.09. The van der Waals surface area contributed by atoms with Crippen molar-refractivity contribution < 1.29 is 22.3 Å². The Balaban J connectivity index is 1.72. The zero-order valence-corrected chi connectivity index (χ0v) is 18.0. The third-order valence-corrected chi connectivity index (χ3v) is 7.57. The van der Waals surface area contributed by atoms with Crippen LogP contribution in [0.3, 0.4) is 0 Å². The minimum atomic E-state index is -3.73. The van der Waals surface area contributed by atoms with Gasteiger partial charge in [-0.05, 0) is 61.6 Å². The Morgan fingerprint density at radius 2 is 1.80 bits per heavy atom. The number of anilines is 1. The number of amides is 1. The minimum absolute atomic E-state index is 0.0694. The molecular formula is C22H25FN2O4S. The lowest BCUT2D eigenvalue weighted by atomic mass is 9.97. The fourth-order valence-electron chi connectivity index (χ4n) is 4.12. The molecule has 0 unspecified atom stereocenters. The van der Waals surface area contributed by atoms with Crippen LogP contribution in [-0.4, -0.2) is 51.5 Å². The smallest absolute Gasteiger partial charge is 0.258 e. The molecule has 1 saturated heterocycles. The molecule has 0 N–H and O–H groups in total. The zero-order chi connectivity index (χ0) is 21.5. The van der Waals surface area contributed by atoms with Crippen LogP contribution in [-0.2, 0) is 21.2 Å². The Morgan fingerprint density at radius 1 is 1.07 bits per heavy atom. The molecule has 2 aromatic carbocycles. The lowest BCUT2D eigenvalue weighted by molar-refractivity contribution is 0.0730. The molecule has 2 aliphatic rings. The number of sulfonamides is 1. The third kappa shape index (κ3) is 3.75. The molecule has 4 rings (SSSR count). The van der Waals surface area contributed by atoms with E-state index in [2.05, 4.69) is 0 Å². The maximum atomic E-state index is 14.8. The van der Waals surface area contributed by atoms with E-state index >= 15 is 0 Å². The molecule has 0 radical (unpaired) electrons. The summed E-state index contributed by atoms with van der Waals surface area (Å²) >= 11 is 0. The van der Waals surface area contributed by atoms with E-state index in [1.165, 1.54) is 27.4 Å². The van der Waals surface area contributed by atoms with Crippen molar-refractivity contribution in [2.45, 2.75) is 31.6 Å². The van der Waals surface area contributed by atoms with E-state index in [4.69, 9.17) is 4.74 Å². The number of benzene rings is 2. The third-order valence-electron chi connectivity index (χ3n) is 5.68. The lowest BCUT2D eigenvalue weighted by Crippen LogP contribution is -2.41. The first kappa shape index (κ1) is 21.0. The molecule has 0 aliphatic carbocycles. The van der Waals surface area contributed by atoms with Crippen molar-refractivity contribution in [1.82, 2.24) is 4.31 Å². The van der Waals surface area contributed by atoms with Crippen LogP contribution in [0.15, 0.2) is 35.2 Å². The second-order valence-corrected chi connectivity index (χ2v) is 9.75. The number of aryl methyl sites for hydroxylation is 3. The van der Waals surface area contributed by atoms with Crippen LogP contribution in [0.2, 0.25) is 0 Å². The Morgan fingerprint density at radius 3 is 2.53 bits per heavy atom. The molecule has 2 heterocycles. The normalized spacial score (nSPS) is 17.6. The zero-order valence-electron chi connectivity index (χ0n) is 17.2. The molecule has 2 aliphatic heterocycles. The van der Waals surface area contributed by atoms with Gasteiger partial charge in [0.2, 0.25) is 10.0 Å². The fraction of sp³-hybridized carbons (Fsp3) is 0.409. The van der Waals surface area contributed by atoms with Gasteiger partial charge in [0.05, 0.1) is 23.8 Å². The maximum absolute atomic E-state index is 14.8. The summed E-state index contributed by atoms with van der Waals surface area (Å²) in [4.78, 5) is 14.9. The minimum Gasteiger partial charge on any atom is -0.379 e. The first-order valence-corrected chi connectivity index (χ1v) is 11.5. The SMILES string of the molecule is Cc1cc(F)c2c(c1)CCCN2C(=O)c1cc(S(=O)(=O)N2CCOCC2)ccc1C. The van der Waals surface area contributed by atoms with E-state index in [1.54, 1.807) is 13.0 Å². The number of hydrogen-bond donors (Lipinski definition) is 0. The van der Waals surface area contributed by atoms with Crippen LogP contribution >= 0.6 is 0 Å². The van der Waals surface area contributed by atoms with E-state index in [0.717, 1.165) is 17.5 Å². The van der Waals surface area contributed by atoms with Crippen molar-refractivity contribution in [3.63, 3.8) is 0 Å². The number of morpholine rings is 1. The van der Waals surface area contributed by atoms with Crippen molar-refractivity contribution in [3.8, 4) is 0 Å². The monoisotopic (exact) mass is 432 g/mol. The summed E-state index contributed by atoms with van der Waals surface area (Å²) in [6.45, 7) is 5.24. The van der Waals surface area contributed by atoms with Crippen LogP contribution < -0.4 is 4.90 Å². The van der Waals surface area contributed by atoms with Gasteiger partial charge in [-0.1, -0.05) is 12.1 Å². The highest BCUT2D eigenvalue weighted by molar-refractivity contribution is 7.89. The standard InChI is InChI=1S/C22H25FN2O4S/c1-15-12-17-4-3-7-25(21(17)20(23)13-15)22(26)19-14-18(6-5-16(19)2)30(27,28)24-8-10-29-11-9-24/h5-6,12-14H,3-4,7-11H2,1-2H3. The van der Waals surface area contributed by atoms with Gasteiger partial charge in [-0.2, -0.15) is 4.31 Å². The number of halogens is 1. The number of ether oxygens (including phenoxy) is 1. The molecular weight excluding hydrogens is 407 g/mol. The largest absolute Gasteiger partial charge is 0.379 e. The highest BCUT2D eigenvalue weighted by atomic mass is 32.2. The van der Waals surface area contributed by atoms with Crippen LogP contribution in [0.1, 0.15) is 33.5 Å². The van der Waals surface area contributed by atoms with Crippen molar-refractivity contribution in [2.24, 2.45) is 0 Å². The molecule has 160 valence electrons. The van der Waals surface area contributed by atoms with E-state index in [1.807, 2.05) is 13.0 Å². The molecule has 0 spiro atoms. The van der Waals surface area contributed by atoms with Gasteiger partial charge in [-0.25, -0.2) is 12.8 Å². The van der Waals surface area contributed by atoms with Crippen molar-refractivity contribution >= 4 is 21.6 Å². The van der Waals surface area contributed by atoms with Gasteiger partial charge < -0.3 is 9.64 Å². The van der Waals surface area contributed by atoms with Crippen molar-refractivity contribution in [2.75, 3.05) is 37.7 Å². The Kier molecular flexibility index (Phi) is 5.65. The summed E-state index contributed by atoms with van der Waals surface area (Å²) in [7, 11) is -3.73. The summed E-state index contributed by atoms with van der Waals surface area (Å²) < 4.78 is 47.4. The Labute approximate surface area is 176 Å². The van der Waals surface area contributed by atoms with Crippen LogP contribution in [0, 0.1) is 19.7 Å². The Hall–Kier alpha value is -2.29. The number of nitrogens with zero attached hydrogens (tertiary/aromatic N) is 2. The van der Waals surface area contributed by atoms with Crippen molar-refractivity contribution in [3.05, 3.63) is 58.4 Å².